The number of ether oxygens (including phenoxy) is 1. The van der Waals surface area contributed by atoms with Gasteiger partial charge in [0.05, 0.1) is 18.4 Å². The molecule has 0 saturated carbocycles. The zero-order valence-electron chi connectivity index (χ0n) is 19.5. The Morgan fingerprint density at radius 3 is 2.51 bits per heavy atom. The van der Waals surface area contributed by atoms with Gasteiger partial charge in [-0.05, 0) is 37.6 Å². The normalized spacial score (nSPS) is 14.8. The van der Waals surface area contributed by atoms with Gasteiger partial charge in [0.2, 0.25) is 5.95 Å². The van der Waals surface area contributed by atoms with E-state index in [0.717, 1.165) is 16.7 Å². The van der Waals surface area contributed by atoms with E-state index in [2.05, 4.69) is 10.6 Å². The summed E-state index contributed by atoms with van der Waals surface area (Å²) in [6.07, 6.45) is 0. The van der Waals surface area contributed by atoms with E-state index in [4.69, 9.17) is 26.4 Å². The number of benzene rings is 3. The lowest BCUT2D eigenvalue weighted by atomic mass is 9.95. The van der Waals surface area contributed by atoms with Gasteiger partial charge < -0.3 is 15.4 Å². The number of hydrogen-bond donors (Lipinski definition) is 2. The van der Waals surface area contributed by atoms with Gasteiger partial charge in [0.25, 0.3) is 5.91 Å². The summed E-state index contributed by atoms with van der Waals surface area (Å²) >= 11 is 6.64. The number of rotatable bonds is 5. The fourth-order valence-corrected chi connectivity index (χ4v) is 4.54. The molecule has 35 heavy (non-hydrogen) atoms. The maximum absolute atomic E-state index is 13.7. The van der Waals surface area contributed by atoms with Crippen LogP contribution in [0.3, 0.4) is 0 Å². The van der Waals surface area contributed by atoms with Gasteiger partial charge in [-0.2, -0.15) is 4.98 Å². The number of hydrogen-bond acceptors (Lipinski definition) is 5. The number of nitrogens with one attached hydrogen (secondary N) is 2. The maximum atomic E-state index is 13.7. The third kappa shape index (κ3) is 4.15. The monoisotopic (exact) mass is 485 g/mol. The summed E-state index contributed by atoms with van der Waals surface area (Å²) in [5.41, 5.74) is 4.46. The molecule has 0 aliphatic carbocycles. The molecule has 1 aliphatic heterocycles. The molecule has 3 aromatic carbocycles. The van der Waals surface area contributed by atoms with E-state index >= 15 is 0 Å². The molecule has 4 aromatic rings. The summed E-state index contributed by atoms with van der Waals surface area (Å²) in [6.45, 7) is 3.87. The Balaban J connectivity index is 1.63. The second-order valence-corrected chi connectivity index (χ2v) is 8.67. The molecule has 5 rings (SSSR count). The van der Waals surface area contributed by atoms with Crippen molar-refractivity contribution in [1.29, 1.82) is 0 Å². The van der Waals surface area contributed by atoms with E-state index in [0.29, 0.717) is 39.5 Å². The molecule has 1 atom stereocenters. The first kappa shape index (κ1) is 22.7. The molecule has 0 radical (unpaired) electrons. The summed E-state index contributed by atoms with van der Waals surface area (Å²) in [5, 5.41) is 11.6. The van der Waals surface area contributed by atoms with Gasteiger partial charge in [-0.3, -0.25) is 4.79 Å². The Labute approximate surface area is 208 Å². The minimum Gasteiger partial charge on any atom is -0.495 e. The molecule has 1 unspecified atom stereocenters. The Hall–Kier alpha value is -4.10. The van der Waals surface area contributed by atoms with Crippen molar-refractivity contribution < 1.29 is 9.53 Å². The number of aryl methyl sites for hydroxylation is 1. The highest BCUT2D eigenvalue weighted by Crippen LogP contribution is 2.40. The molecule has 7 nitrogen and oxygen atoms in total. The second-order valence-electron chi connectivity index (χ2n) is 8.26. The number of aromatic nitrogens is 3. The van der Waals surface area contributed by atoms with Crippen molar-refractivity contribution in [3.05, 3.63) is 100 Å². The molecule has 1 aliphatic rings. The van der Waals surface area contributed by atoms with E-state index in [1.54, 1.807) is 23.9 Å². The minimum absolute atomic E-state index is 0.289. The number of methoxy groups -OCH3 is 1. The predicted octanol–water partition coefficient (Wildman–Crippen LogP) is 5.84. The van der Waals surface area contributed by atoms with Gasteiger partial charge in [-0.25, -0.2) is 4.68 Å². The summed E-state index contributed by atoms with van der Waals surface area (Å²) in [5.74, 6) is 1.39. The lowest BCUT2D eigenvalue weighted by Crippen LogP contribution is -2.31. The zero-order chi connectivity index (χ0) is 24.5. The molecule has 1 aromatic heterocycles. The summed E-state index contributed by atoms with van der Waals surface area (Å²) in [4.78, 5) is 18.5. The average molecular weight is 486 g/mol. The number of para-hydroxylation sites is 2. The quantitative estimate of drug-likeness (QED) is 0.371. The first-order chi connectivity index (χ1) is 17.0. The highest BCUT2D eigenvalue weighted by atomic mass is 35.5. The molecule has 176 valence electrons. The van der Waals surface area contributed by atoms with E-state index in [-0.39, 0.29) is 5.91 Å². The van der Waals surface area contributed by atoms with Crippen molar-refractivity contribution in [3.63, 3.8) is 0 Å². The average Bonchev–Trinajstić information content (AvgIpc) is 3.27. The van der Waals surface area contributed by atoms with Crippen molar-refractivity contribution in [2.24, 2.45) is 0 Å². The molecule has 2 N–H and O–H groups in total. The Morgan fingerprint density at radius 1 is 1.03 bits per heavy atom. The standard InChI is InChI=1S/C27H24ClN5O2/c1-16-10-4-5-11-18(16)25-31-27-29-17(2)23(26(34)30-21-14-8-9-15-22(21)35-3)24(33(27)32-25)19-12-6-7-13-20(19)28/h4-15,24H,1-3H3,(H,30,34)(H,29,31,32). The summed E-state index contributed by atoms with van der Waals surface area (Å²) in [6, 6.07) is 22.1. The van der Waals surface area contributed by atoms with Crippen LogP contribution in [0.2, 0.25) is 5.02 Å². The molecule has 0 saturated heterocycles. The number of fused-ring (bicyclic) bond motifs is 1. The SMILES string of the molecule is COc1ccccc1NC(=O)C1=C(C)Nc2nc(-c3ccccc3C)nn2C1c1ccccc1Cl. The molecule has 0 spiro atoms. The van der Waals surface area contributed by atoms with E-state index < -0.39 is 6.04 Å². The van der Waals surface area contributed by atoms with Gasteiger partial charge in [-0.15, -0.1) is 5.10 Å². The molecule has 8 heteroatoms. The van der Waals surface area contributed by atoms with Gasteiger partial charge in [0.1, 0.15) is 11.8 Å². The minimum atomic E-state index is -0.583. The number of anilines is 2. The molecule has 2 heterocycles. The number of carbonyl (C=O) groups is 1. The largest absolute Gasteiger partial charge is 0.495 e. The van der Waals surface area contributed by atoms with Gasteiger partial charge in [0, 0.05) is 21.8 Å². The number of allylic oxidation sites excluding steroid dienone is 1. The van der Waals surface area contributed by atoms with E-state index in [1.807, 2.05) is 74.5 Å². The number of nitrogens with zero attached hydrogens (tertiary/aromatic N) is 3. The van der Waals surface area contributed by atoms with Crippen molar-refractivity contribution in [1.82, 2.24) is 14.8 Å². The van der Waals surface area contributed by atoms with Crippen molar-refractivity contribution in [2.45, 2.75) is 19.9 Å². The number of amides is 1. The Morgan fingerprint density at radius 2 is 1.74 bits per heavy atom. The van der Waals surface area contributed by atoms with Gasteiger partial charge in [0.15, 0.2) is 5.82 Å². The van der Waals surface area contributed by atoms with Crippen molar-refractivity contribution >= 4 is 29.1 Å². The third-order valence-electron chi connectivity index (χ3n) is 6.04. The van der Waals surface area contributed by atoms with Crippen LogP contribution in [0.1, 0.15) is 24.1 Å². The van der Waals surface area contributed by atoms with Crippen LogP contribution in [-0.4, -0.2) is 27.8 Å². The molecular weight excluding hydrogens is 462 g/mol. The van der Waals surface area contributed by atoms with Crippen molar-refractivity contribution in [2.75, 3.05) is 17.7 Å². The van der Waals surface area contributed by atoms with Crippen LogP contribution in [0.5, 0.6) is 5.75 Å². The van der Waals surface area contributed by atoms with E-state index in [1.165, 1.54) is 0 Å². The van der Waals surface area contributed by atoms with Crippen molar-refractivity contribution in [3.8, 4) is 17.1 Å². The molecular formula is C27H24ClN5O2. The van der Waals surface area contributed by atoms with Crippen LogP contribution in [0.4, 0.5) is 11.6 Å². The lowest BCUT2D eigenvalue weighted by molar-refractivity contribution is -0.113. The summed E-state index contributed by atoms with van der Waals surface area (Å²) in [7, 11) is 1.57. The smallest absolute Gasteiger partial charge is 0.255 e. The molecule has 0 bridgehead atoms. The summed E-state index contributed by atoms with van der Waals surface area (Å²) < 4.78 is 7.14. The van der Waals surface area contributed by atoms with Crippen LogP contribution in [0, 0.1) is 6.92 Å². The Bertz CT molecular complexity index is 1460. The highest BCUT2D eigenvalue weighted by molar-refractivity contribution is 6.31. The van der Waals surface area contributed by atoms with Gasteiger partial charge in [-0.1, -0.05) is 66.2 Å². The topological polar surface area (TPSA) is 81.1 Å². The van der Waals surface area contributed by atoms with E-state index in [9.17, 15) is 4.79 Å². The van der Waals surface area contributed by atoms with Crippen LogP contribution < -0.4 is 15.4 Å². The van der Waals surface area contributed by atoms with Crippen LogP contribution in [0.25, 0.3) is 11.4 Å². The number of carbonyl (C=O) groups excluding carboxylic acids is 1. The fraction of sp³-hybridized carbons (Fsp3) is 0.148. The fourth-order valence-electron chi connectivity index (χ4n) is 4.30. The molecule has 0 fully saturated rings. The van der Waals surface area contributed by atoms with Crippen LogP contribution in [0.15, 0.2) is 84.1 Å². The van der Waals surface area contributed by atoms with Gasteiger partial charge >= 0.3 is 0 Å². The first-order valence-corrected chi connectivity index (χ1v) is 11.5. The zero-order valence-corrected chi connectivity index (χ0v) is 20.3. The molecule has 1 amide bonds. The predicted molar refractivity (Wildman–Crippen MR) is 138 cm³/mol. The number of halogens is 1. The third-order valence-corrected chi connectivity index (χ3v) is 6.38. The van der Waals surface area contributed by atoms with Crippen LogP contribution >= 0.6 is 11.6 Å². The Kier molecular flexibility index (Phi) is 6.01. The lowest BCUT2D eigenvalue weighted by Gasteiger charge is -2.29. The second kappa shape index (κ2) is 9.27. The maximum Gasteiger partial charge on any atom is 0.255 e. The highest BCUT2D eigenvalue weighted by Gasteiger charge is 2.35. The van der Waals surface area contributed by atoms with Crippen LogP contribution in [-0.2, 0) is 4.79 Å². The first-order valence-electron chi connectivity index (χ1n) is 11.2.